The Bertz CT molecular complexity index is 635. The van der Waals surface area contributed by atoms with Crippen LogP contribution in [0.3, 0.4) is 0 Å². The third-order valence-corrected chi connectivity index (χ3v) is 2.41. The van der Waals surface area contributed by atoms with Crippen molar-refractivity contribution in [1.29, 1.82) is 0 Å². The molecule has 0 atom stereocenters. The van der Waals surface area contributed by atoms with Gasteiger partial charge >= 0.3 is 17.1 Å². The number of carboxylic acids is 2. The van der Waals surface area contributed by atoms with E-state index in [2.05, 4.69) is 0 Å². The van der Waals surface area contributed by atoms with Crippen molar-refractivity contribution in [3.8, 4) is 0 Å². The smallest absolute Gasteiger partial charge is 0.619 e. The van der Waals surface area contributed by atoms with Crippen molar-refractivity contribution in [2.75, 3.05) is 0 Å². The van der Waals surface area contributed by atoms with Crippen LogP contribution in [0.4, 0.5) is 0 Å². The van der Waals surface area contributed by atoms with Crippen LogP contribution in [0.1, 0.15) is 17.5 Å². The normalized spacial score (nSPS) is 7.86. The minimum Gasteiger partial charge on any atom is -0.619 e. The Kier molecular flexibility index (Phi) is 29.6. The molecule has 0 amide bonds. The average Bonchev–Trinajstić information content (AvgIpc) is 2.47. The number of aliphatic carboxylic acids is 2. The Morgan fingerprint density at radius 2 is 0.966 bits per heavy atom. The SMILES string of the molecule is O.O.O.O.O=C([O-])CC(=O)[O-].[Cu+2].[O-][n+]1ccc(/C=C/c2cc[n+]([O-])cc2)cc1.[OH3+]. The molecule has 0 aliphatic heterocycles. The van der Waals surface area contributed by atoms with Crippen LogP contribution in [0.2, 0.25) is 0 Å². The maximum atomic E-state index is 10.8. The van der Waals surface area contributed by atoms with E-state index in [-0.39, 0.29) is 44.4 Å². The molecule has 2 rings (SSSR count). The number of pyridine rings is 2. The van der Waals surface area contributed by atoms with Crippen LogP contribution in [0.25, 0.3) is 12.2 Å². The third kappa shape index (κ3) is 19.5. The molecular formula is C15H23CuN2O11+. The van der Waals surface area contributed by atoms with Crippen LogP contribution in [0.15, 0.2) is 49.1 Å². The van der Waals surface area contributed by atoms with Crippen molar-refractivity contribution in [1.82, 2.24) is 0 Å². The summed E-state index contributed by atoms with van der Waals surface area (Å²) in [6.07, 6.45) is 8.49. The zero-order valence-electron chi connectivity index (χ0n) is 14.7. The Hall–Kier alpha value is -3.10. The van der Waals surface area contributed by atoms with E-state index in [1.54, 1.807) is 24.3 Å². The van der Waals surface area contributed by atoms with Gasteiger partial charge in [-0.05, 0) is 11.1 Å². The van der Waals surface area contributed by atoms with Crippen molar-refractivity contribution in [2.45, 2.75) is 6.42 Å². The second kappa shape index (κ2) is 21.2. The molecule has 14 heteroatoms. The molecule has 0 unspecified atom stereocenters. The molecule has 0 spiro atoms. The van der Waals surface area contributed by atoms with Crippen LogP contribution >= 0.6 is 0 Å². The van der Waals surface area contributed by atoms with Crippen LogP contribution in [-0.4, -0.2) is 33.8 Å². The number of rotatable bonds is 4. The van der Waals surface area contributed by atoms with E-state index >= 15 is 0 Å². The summed E-state index contributed by atoms with van der Waals surface area (Å²) < 4.78 is 1.47. The first kappa shape index (κ1) is 40.5. The quantitative estimate of drug-likeness (QED) is 0.137. The molecular weight excluding hydrogens is 448 g/mol. The maximum Gasteiger partial charge on any atom is 2.00 e. The van der Waals surface area contributed by atoms with Gasteiger partial charge in [0.25, 0.3) is 0 Å². The van der Waals surface area contributed by atoms with Crippen molar-refractivity contribution in [2.24, 2.45) is 0 Å². The summed E-state index contributed by atoms with van der Waals surface area (Å²) >= 11 is 0. The van der Waals surface area contributed by atoms with Crippen molar-refractivity contribution < 1.29 is 73.7 Å². The molecule has 13 nitrogen and oxygen atoms in total. The molecule has 2 heterocycles. The molecule has 29 heavy (non-hydrogen) atoms. The standard InChI is InChI=1S/C12H10N2O2.C3H4O4.Cu.5H2O/c15-13-7-3-11(4-8-13)1-2-12-5-9-14(16)10-6-12;4-2(5)1-3(6)7;;;;;;/h1-10H;1H2,(H,4,5)(H,6,7);;5*1H2/q;;+2;;;;;/p-1/b2-1+;;;;;;;. The van der Waals surface area contributed by atoms with Gasteiger partial charge in [-0.1, -0.05) is 12.2 Å². The molecule has 0 aliphatic rings. The van der Waals surface area contributed by atoms with Gasteiger partial charge in [-0.25, -0.2) is 0 Å². The van der Waals surface area contributed by atoms with Gasteiger partial charge in [-0.15, -0.1) is 0 Å². The Morgan fingerprint density at radius 1 is 0.724 bits per heavy atom. The van der Waals surface area contributed by atoms with E-state index < -0.39 is 18.4 Å². The molecule has 2 aromatic rings. The summed E-state index contributed by atoms with van der Waals surface area (Å²) in [7, 11) is 0. The molecule has 169 valence electrons. The zero-order chi connectivity index (χ0) is 17.2. The van der Waals surface area contributed by atoms with E-state index in [9.17, 15) is 30.2 Å². The second-order valence-electron chi connectivity index (χ2n) is 4.24. The molecule has 0 fully saturated rings. The number of aromatic nitrogens is 2. The first-order chi connectivity index (χ1) is 10.9. The number of carboxylic acid groups (broad SMARTS) is 2. The molecule has 1 radical (unpaired) electrons. The molecule has 0 saturated carbocycles. The van der Waals surface area contributed by atoms with Gasteiger partial charge in [-0.3, -0.25) is 0 Å². The third-order valence-electron chi connectivity index (χ3n) is 2.41. The molecule has 11 N–H and O–H groups in total. The van der Waals surface area contributed by atoms with Gasteiger partial charge in [0.1, 0.15) is 0 Å². The van der Waals surface area contributed by atoms with Gasteiger partial charge in [-0.2, -0.15) is 9.46 Å². The fourth-order valence-corrected chi connectivity index (χ4v) is 1.38. The molecule has 2 aromatic heterocycles. The number of carbonyl (C=O) groups excluding carboxylic acids is 2. The summed E-state index contributed by atoms with van der Waals surface area (Å²) in [5.41, 5.74) is 1.87. The maximum absolute atomic E-state index is 10.8. The van der Waals surface area contributed by atoms with Crippen molar-refractivity contribution >= 4 is 24.1 Å². The van der Waals surface area contributed by atoms with Crippen LogP contribution in [0, 0.1) is 10.4 Å². The number of hydrogen-bond donors (Lipinski definition) is 0. The fourth-order valence-electron chi connectivity index (χ4n) is 1.38. The fraction of sp³-hybridized carbons (Fsp3) is 0.0667. The summed E-state index contributed by atoms with van der Waals surface area (Å²) in [5, 5.41) is 40.1. The number of nitrogens with zero attached hydrogens (tertiary/aromatic N) is 2. The largest absolute Gasteiger partial charge is 2.00 e. The summed E-state index contributed by atoms with van der Waals surface area (Å²) in [4.78, 5) is 18.6. The Morgan fingerprint density at radius 3 is 1.14 bits per heavy atom. The minimum atomic E-state index is -1.63. The molecule has 0 aliphatic carbocycles. The van der Waals surface area contributed by atoms with E-state index in [1.807, 2.05) is 12.2 Å². The first-order valence-electron chi connectivity index (χ1n) is 6.32. The average molecular weight is 471 g/mol. The minimum absolute atomic E-state index is 0. The van der Waals surface area contributed by atoms with Crippen LogP contribution < -0.4 is 19.7 Å². The van der Waals surface area contributed by atoms with Crippen LogP contribution in [-0.2, 0) is 32.1 Å². The van der Waals surface area contributed by atoms with E-state index in [1.165, 1.54) is 24.8 Å². The number of carbonyl (C=O) groups is 2. The summed E-state index contributed by atoms with van der Waals surface area (Å²) in [5.74, 6) is -3.25. The molecule has 0 saturated heterocycles. The second-order valence-corrected chi connectivity index (χ2v) is 4.24. The van der Waals surface area contributed by atoms with E-state index in [0.29, 0.717) is 0 Å². The molecule has 0 aromatic carbocycles. The van der Waals surface area contributed by atoms with Gasteiger partial charge in [0, 0.05) is 42.6 Å². The van der Waals surface area contributed by atoms with Gasteiger partial charge in [0.05, 0.1) is 0 Å². The number of hydrogen-bond acceptors (Lipinski definition) is 6. The Balaban J connectivity index is -0.0000000909. The van der Waals surface area contributed by atoms with E-state index in [0.717, 1.165) is 20.6 Å². The molecule has 0 bridgehead atoms. The van der Waals surface area contributed by atoms with Crippen molar-refractivity contribution in [3.05, 3.63) is 70.6 Å². The topological polar surface area (TPSA) is 293 Å². The van der Waals surface area contributed by atoms with Crippen LogP contribution in [0.5, 0.6) is 0 Å². The van der Waals surface area contributed by atoms with Crippen molar-refractivity contribution in [3.63, 3.8) is 0 Å². The zero-order valence-corrected chi connectivity index (χ0v) is 15.6. The monoisotopic (exact) mass is 470 g/mol. The predicted molar refractivity (Wildman–Crippen MR) is 93.7 cm³/mol. The predicted octanol–water partition coefficient (Wildman–Crippen LogP) is -6.22. The summed E-state index contributed by atoms with van der Waals surface area (Å²) in [6.45, 7) is 0. The summed E-state index contributed by atoms with van der Waals surface area (Å²) in [6, 6.07) is 6.89. The van der Waals surface area contributed by atoms with Gasteiger partial charge in [0.2, 0.25) is 0 Å². The first-order valence-corrected chi connectivity index (χ1v) is 6.32. The van der Waals surface area contributed by atoms with Gasteiger partial charge < -0.3 is 57.6 Å². The van der Waals surface area contributed by atoms with E-state index in [4.69, 9.17) is 0 Å². The Labute approximate surface area is 175 Å². The van der Waals surface area contributed by atoms with Gasteiger partial charge in [0.15, 0.2) is 24.8 Å².